The van der Waals surface area contributed by atoms with Gasteiger partial charge in [-0.3, -0.25) is 9.59 Å². The maximum absolute atomic E-state index is 13.7. The number of halogens is 4. The van der Waals surface area contributed by atoms with Crippen LogP contribution in [0.5, 0.6) is 0 Å². The molecule has 0 radical (unpaired) electrons. The van der Waals surface area contributed by atoms with E-state index < -0.39 is 55.9 Å². The molecule has 8 nitrogen and oxygen atoms in total. The zero-order valence-electron chi connectivity index (χ0n) is 21.8. The lowest BCUT2D eigenvalue weighted by atomic mass is 9.72. The number of hydrogen-bond acceptors (Lipinski definition) is 6. The molecule has 2 aliphatic carbocycles. The number of methoxy groups -OCH3 is 1. The summed E-state index contributed by atoms with van der Waals surface area (Å²) in [4.78, 5) is 25.0. The number of sulfone groups is 1. The second-order valence-electron chi connectivity index (χ2n) is 10.6. The van der Waals surface area contributed by atoms with E-state index in [1.807, 2.05) is 0 Å². The Morgan fingerprint density at radius 1 is 1.12 bits per heavy atom. The molecule has 2 amide bonds. The lowest BCUT2D eigenvalue weighted by Gasteiger charge is -2.42. The van der Waals surface area contributed by atoms with Gasteiger partial charge in [-0.1, -0.05) is 11.6 Å². The Kier molecular flexibility index (Phi) is 8.84. The molecule has 2 saturated carbocycles. The molecule has 0 saturated heterocycles. The van der Waals surface area contributed by atoms with E-state index in [0.29, 0.717) is 31.6 Å². The third-order valence-electron chi connectivity index (χ3n) is 7.82. The number of ether oxygens (including phenoxy) is 1. The first-order valence-electron chi connectivity index (χ1n) is 12.8. The molecule has 2 aliphatic rings. The molecule has 218 valence electrons. The Bertz CT molecular complexity index is 1390. The number of hydrogen-bond donors (Lipinski definition) is 3. The molecule has 0 spiro atoms. The van der Waals surface area contributed by atoms with Crippen molar-refractivity contribution in [3.8, 4) is 0 Å². The first-order valence-corrected chi connectivity index (χ1v) is 14.7. The predicted molar refractivity (Wildman–Crippen MR) is 141 cm³/mol. The van der Waals surface area contributed by atoms with Crippen molar-refractivity contribution in [1.82, 2.24) is 5.32 Å². The number of benzene rings is 2. The second-order valence-corrected chi connectivity index (χ2v) is 13.2. The van der Waals surface area contributed by atoms with Gasteiger partial charge in [0, 0.05) is 36.5 Å². The van der Waals surface area contributed by atoms with E-state index in [4.69, 9.17) is 16.3 Å². The van der Waals surface area contributed by atoms with Gasteiger partial charge in [0.1, 0.15) is 0 Å². The predicted octanol–water partition coefficient (Wildman–Crippen LogP) is 4.24. The summed E-state index contributed by atoms with van der Waals surface area (Å²) in [6.45, 7) is 2.09. The number of amides is 2. The number of carbonyl (C=O) groups is 2. The average molecular weight is 603 g/mol. The standard InChI is InChI=1S/C27H30ClF3N2O6S/c1-14(13-39-2)32-24(34)12-27(36)16-4-5-17(27)9-19(8-16)40(37,38)23-7-15(3-6-20(23)28)26(35)33-18-10-21(29)25(31)22(30)11-18/h3,6-7,10-11,14,16-17,19,36H,4-5,8-9,12-13H2,1-2H3,(H,32,34)(H,33,35)/t14-,16+,17?,19+,27+/m0/s1. The minimum absolute atomic E-state index is 0.108. The van der Waals surface area contributed by atoms with Crippen LogP contribution in [-0.4, -0.2) is 55.9 Å². The van der Waals surface area contributed by atoms with Gasteiger partial charge in [-0.25, -0.2) is 21.6 Å². The Labute approximate surface area is 235 Å². The molecule has 3 N–H and O–H groups in total. The molecule has 1 unspecified atom stereocenters. The van der Waals surface area contributed by atoms with Crippen LogP contribution < -0.4 is 10.6 Å². The summed E-state index contributed by atoms with van der Waals surface area (Å²) in [5.74, 6) is -6.76. The molecule has 2 fully saturated rings. The monoisotopic (exact) mass is 602 g/mol. The van der Waals surface area contributed by atoms with Crippen LogP contribution in [-0.2, 0) is 19.4 Å². The van der Waals surface area contributed by atoms with Gasteiger partial charge in [-0.05, 0) is 62.6 Å². The third-order valence-corrected chi connectivity index (χ3v) is 10.5. The van der Waals surface area contributed by atoms with Crippen molar-refractivity contribution in [2.45, 2.75) is 60.8 Å². The quantitative estimate of drug-likeness (QED) is 0.369. The molecule has 0 aromatic heterocycles. The van der Waals surface area contributed by atoms with E-state index in [2.05, 4.69) is 10.6 Å². The van der Waals surface area contributed by atoms with Gasteiger partial charge in [0.05, 0.1) is 33.8 Å². The summed E-state index contributed by atoms with van der Waals surface area (Å²) in [7, 11) is -2.57. The van der Waals surface area contributed by atoms with E-state index in [1.165, 1.54) is 19.2 Å². The number of nitrogens with one attached hydrogen (secondary N) is 2. The van der Waals surface area contributed by atoms with Crippen molar-refractivity contribution in [3.05, 3.63) is 58.4 Å². The van der Waals surface area contributed by atoms with Gasteiger partial charge in [0.15, 0.2) is 27.3 Å². The number of fused-ring (bicyclic) bond motifs is 2. The molecule has 4 rings (SSSR count). The number of carbonyl (C=O) groups excluding carboxylic acids is 2. The summed E-state index contributed by atoms with van der Waals surface area (Å²) in [5.41, 5.74) is -1.84. The smallest absolute Gasteiger partial charge is 0.255 e. The van der Waals surface area contributed by atoms with Crippen LogP contribution in [0.25, 0.3) is 0 Å². The number of aliphatic hydroxyl groups is 1. The Balaban J connectivity index is 1.51. The molecule has 2 aromatic carbocycles. The van der Waals surface area contributed by atoms with Crippen molar-refractivity contribution in [1.29, 1.82) is 0 Å². The number of rotatable bonds is 9. The molecule has 40 heavy (non-hydrogen) atoms. The average Bonchev–Trinajstić information content (AvgIpc) is 3.03. The minimum Gasteiger partial charge on any atom is -0.389 e. The first-order chi connectivity index (χ1) is 18.8. The SMILES string of the molecule is COC[C@H](C)NC(=O)C[C@]1(O)C2CC[C@@H]1C[C@@H](S(=O)(=O)c1cc(C(=O)Nc3cc(F)c(F)c(F)c3)ccc1Cl)C2. The van der Waals surface area contributed by atoms with Crippen molar-refractivity contribution < 1.29 is 41.0 Å². The van der Waals surface area contributed by atoms with E-state index in [0.717, 1.165) is 6.07 Å². The fourth-order valence-electron chi connectivity index (χ4n) is 5.90. The Morgan fingerprint density at radius 2 is 1.73 bits per heavy atom. The maximum Gasteiger partial charge on any atom is 0.255 e. The van der Waals surface area contributed by atoms with E-state index in [1.54, 1.807) is 6.92 Å². The molecule has 0 heterocycles. The Hall–Kier alpha value is -2.67. The molecule has 2 bridgehead atoms. The van der Waals surface area contributed by atoms with Gasteiger partial charge in [0.2, 0.25) is 5.91 Å². The molecular formula is C27H30ClF3N2O6S. The lowest BCUT2D eigenvalue weighted by Crippen LogP contribution is -2.51. The van der Waals surface area contributed by atoms with Crippen molar-refractivity contribution in [2.24, 2.45) is 11.8 Å². The summed E-state index contributed by atoms with van der Waals surface area (Å²) in [5, 5.41) is 15.4. The van der Waals surface area contributed by atoms with Gasteiger partial charge < -0.3 is 20.5 Å². The minimum atomic E-state index is -4.08. The van der Waals surface area contributed by atoms with Crippen LogP contribution in [0, 0.1) is 29.3 Å². The van der Waals surface area contributed by atoms with E-state index in [9.17, 15) is 36.3 Å². The fourth-order valence-corrected chi connectivity index (χ4v) is 8.30. The molecule has 0 aliphatic heterocycles. The van der Waals surface area contributed by atoms with Crippen LogP contribution >= 0.6 is 11.6 Å². The highest BCUT2D eigenvalue weighted by Gasteiger charge is 2.56. The normalized spacial score (nSPS) is 24.9. The molecule has 2 aromatic rings. The fraction of sp³-hybridized carbons (Fsp3) is 0.481. The zero-order valence-corrected chi connectivity index (χ0v) is 23.4. The highest BCUT2D eigenvalue weighted by Crippen LogP contribution is 2.53. The highest BCUT2D eigenvalue weighted by molar-refractivity contribution is 7.92. The Morgan fingerprint density at radius 3 is 2.30 bits per heavy atom. The largest absolute Gasteiger partial charge is 0.389 e. The van der Waals surface area contributed by atoms with E-state index >= 15 is 0 Å². The summed E-state index contributed by atoms with van der Waals surface area (Å²) >= 11 is 6.25. The molecular weight excluding hydrogens is 573 g/mol. The van der Waals surface area contributed by atoms with Gasteiger partial charge in [-0.15, -0.1) is 0 Å². The maximum atomic E-state index is 13.7. The zero-order chi connectivity index (χ0) is 29.4. The first kappa shape index (κ1) is 30.3. The van der Waals surface area contributed by atoms with E-state index in [-0.39, 0.29) is 52.4 Å². The molecule has 13 heteroatoms. The topological polar surface area (TPSA) is 122 Å². The van der Waals surface area contributed by atoms with Gasteiger partial charge in [0.25, 0.3) is 5.91 Å². The van der Waals surface area contributed by atoms with Crippen LogP contribution in [0.1, 0.15) is 49.4 Å². The highest BCUT2D eigenvalue weighted by atomic mass is 35.5. The lowest BCUT2D eigenvalue weighted by molar-refractivity contribution is -0.133. The number of anilines is 1. The van der Waals surface area contributed by atoms with Gasteiger partial charge >= 0.3 is 0 Å². The molecule has 5 atom stereocenters. The van der Waals surface area contributed by atoms with Gasteiger partial charge in [-0.2, -0.15) is 0 Å². The van der Waals surface area contributed by atoms with Crippen LogP contribution in [0.2, 0.25) is 5.02 Å². The second kappa shape index (κ2) is 11.7. The third kappa shape index (κ3) is 6.00. The summed E-state index contributed by atoms with van der Waals surface area (Å²) in [6, 6.07) is 4.51. The van der Waals surface area contributed by atoms with Crippen molar-refractivity contribution in [3.63, 3.8) is 0 Å². The summed E-state index contributed by atoms with van der Waals surface area (Å²) < 4.78 is 72.8. The van der Waals surface area contributed by atoms with Crippen molar-refractivity contribution in [2.75, 3.05) is 19.0 Å². The van der Waals surface area contributed by atoms with Crippen LogP contribution in [0.15, 0.2) is 35.2 Å². The van der Waals surface area contributed by atoms with Crippen LogP contribution in [0.4, 0.5) is 18.9 Å². The summed E-state index contributed by atoms with van der Waals surface area (Å²) in [6.07, 6.45) is 1.20. The van der Waals surface area contributed by atoms with Crippen molar-refractivity contribution >= 4 is 38.9 Å². The van der Waals surface area contributed by atoms with Crippen LogP contribution in [0.3, 0.4) is 0 Å².